The lowest BCUT2D eigenvalue weighted by atomic mass is 10.0. The molecule has 1 amide bonds. The van der Waals surface area contributed by atoms with Gasteiger partial charge in [-0.3, -0.25) is 4.79 Å². The van der Waals surface area contributed by atoms with Crippen molar-refractivity contribution in [2.45, 2.75) is 123 Å². The van der Waals surface area contributed by atoms with E-state index in [1.807, 2.05) is 0 Å². The first-order valence-corrected chi connectivity index (χ1v) is 11.8. The summed E-state index contributed by atoms with van der Waals surface area (Å²) < 4.78 is 4.97. The van der Waals surface area contributed by atoms with Crippen LogP contribution in [0.25, 0.3) is 0 Å². The zero-order valence-corrected chi connectivity index (χ0v) is 18.6. The molecule has 164 valence electrons. The molecule has 4 nitrogen and oxygen atoms in total. The van der Waals surface area contributed by atoms with Crippen molar-refractivity contribution in [2.24, 2.45) is 5.73 Å². The number of carbonyl (C=O) groups excluding carboxylic acids is 2. The molecule has 28 heavy (non-hydrogen) atoms. The fraction of sp³-hybridized carbons (Fsp3) is 0.833. The van der Waals surface area contributed by atoms with Gasteiger partial charge in [0.2, 0.25) is 5.91 Å². The number of amides is 1. The number of carbonyl (C=O) groups is 2. The Balaban J connectivity index is 3.47. The molecule has 0 atom stereocenters. The van der Waals surface area contributed by atoms with Gasteiger partial charge in [0, 0.05) is 11.6 Å². The highest BCUT2D eigenvalue weighted by atomic mass is 16.5. The van der Waals surface area contributed by atoms with Gasteiger partial charge in [-0.2, -0.15) is 0 Å². The third-order valence-corrected chi connectivity index (χ3v) is 5.15. The van der Waals surface area contributed by atoms with Crippen molar-refractivity contribution < 1.29 is 14.3 Å². The molecule has 0 unspecified atom stereocenters. The molecule has 0 saturated carbocycles. The number of hydrogen-bond donors (Lipinski definition) is 1. The van der Waals surface area contributed by atoms with Crippen LogP contribution in [0, 0.1) is 0 Å². The molecule has 0 aromatic heterocycles. The number of ether oxygens (including phenoxy) is 1. The summed E-state index contributed by atoms with van der Waals surface area (Å²) in [5.74, 6) is -0.998. The molecular formula is C24H45NO3. The smallest absolute Gasteiger partial charge is 0.334 e. The Bertz CT molecular complexity index is 418. The highest BCUT2D eigenvalue weighted by molar-refractivity contribution is 5.97. The normalized spacial score (nSPS) is 11.6. The van der Waals surface area contributed by atoms with Crippen molar-refractivity contribution >= 4 is 11.9 Å². The minimum Gasteiger partial charge on any atom is -0.463 e. The summed E-state index contributed by atoms with van der Waals surface area (Å²) in [4.78, 5) is 22.8. The first-order valence-electron chi connectivity index (χ1n) is 11.8. The van der Waals surface area contributed by atoms with Gasteiger partial charge in [-0.05, 0) is 19.8 Å². The van der Waals surface area contributed by atoms with E-state index in [1.54, 1.807) is 6.92 Å². The number of nitrogens with two attached hydrogens (primary N) is 1. The van der Waals surface area contributed by atoms with Crippen molar-refractivity contribution in [2.75, 3.05) is 6.61 Å². The first kappa shape index (κ1) is 26.7. The number of unbranched alkanes of at least 4 members (excludes halogenated alkanes) is 15. The lowest BCUT2D eigenvalue weighted by molar-refractivity contribution is -0.138. The second-order valence-electron chi connectivity index (χ2n) is 7.85. The fourth-order valence-corrected chi connectivity index (χ4v) is 3.49. The molecule has 2 N–H and O–H groups in total. The molecule has 4 heteroatoms. The average molecular weight is 396 g/mol. The zero-order valence-electron chi connectivity index (χ0n) is 18.6. The summed E-state index contributed by atoms with van der Waals surface area (Å²) >= 11 is 0. The van der Waals surface area contributed by atoms with Crippen molar-refractivity contribution in [3.8, 4) is 0 Å². The number of rotatable bonds is 20. The van der Waals surface area contributed by atoms with E-state index < -0.39 is 11.9 Å². The van der Waals surface area contributed by atoms with Gasteiger partial charge in [-0.15, -0.1) is 0 Å². The van der Waals surface area contributed by atoms with E-state index in [0.29, 0.717) is 18.6 Å². The first-order chi connectivity index (χ1) is 13.6. The maximum absolute atomic E-state index is 11.8. The van der Waals surface area contributed by atoms with Gasteiger partial charge in [0.15, 0.2) is 0 Å². The largest absolute Gasteiger partial charge is 0.463 e. The molecule has 0 aliphatic carbocycles. The maximum Gasteiger partial charge on any atom is 0.334 e. The summed E-state index contributed by atoms with van der Waals surface area (Å²) in [6, 6.07) is 0. The Labute approximate surface area is 173 Å². The molecule has 0 radical (unpaired) electrons. The van der Waals surface area contributed by atoms with Crippen LogP contribution >= 0.6 is 0 Å². The molecule has 0 aliphatic heterocycles. The molecule has 0 fully saturated rings. The molecule has 0 spiro atoms. The monoisotopic (exact) mass is 395 g/mol. The Morgan fingerprint density at radius 3 is 1.43 bits per heavy atom. The van der Waals surface area contributed by atoms with Crippen LogP contribution in [0.2, 0.25) is 0 Å². The van der Waals surface area contributed by atoms with Gasteiger partial charge in [-0.25, -0.2) is 4.79 Å². The second kappa shape index (κ2) is 20.4. The van der Waals surface area contributed by atoms with Crippen molar-refractivity contribution in [1.29, 1.82) is 0 Å². The van der Waals surface area contributed by atoms with Crippen molar-refractivity contribution in [3.05, 3.63) is 11.6 Å². The predicted molar refractivity (Wildman–Crippen MR) is 118 cm³/mol. The second-order valence-corrected chi connectivity index (χ2v) is 7.85. The highest BCUT2D eigenvalue weighted by Crippen LogP contribution is 2.15. The summed E-state index contributed by atoms with van der Waals surface area (Å²) in [5, 5.41) is 0. The molecule has 0 bridgehead atoms. The summed E-state index contributed by atoms with van der Waals surface area (Å²) in [5.41, 5.74) is 5.57. The van der Waals surface area contributed by atoms with E-state index in [2.05, 4.69) is 6.92 Å². The Hall–Kier alpha value is -1.32. The third kappa shape index (κ3) is 18.1. The van der Waals surface area contributed by atoms with Crippen LogP contribution in [0.1, 0.15) is 123 Å². The van der Waals surface area contributed by atoms with E-state index in [1.165, 1.54) is 96.0 Å². The molecule has 0 aromatic rings. The number of primary amides is 1. The van der Waals surface area contributed by atoms with Gasteiger partial charge in [0.25, 0.3) is 0 Å². The van der Waals surface area contributed by atoms with Crippen molar-refractivity contribution in [1.82, 2.24) is 0 Å². The Morgan fingerprint density at radius 1 is 0.679 bits per heavy atom. The molecule has 0 rings (SSSR count). The van der Waals surface area contributed by atoms with Gasteiger partial charge in [0.05, 0.1) is 6.61 Å². The zero-order chi connectivity index (χ0) is 20.9. The van der Waals surface area contributed by atoms with Crippen LogP contribution in [0.4, 0.5) is 0 Å². The molecular weight excluding hydrogens is 350 g/mol. The third-order valence-electron chi connectivity index (χ3n) is 5.15. The fourth-order valence-electron chi connectivity index (χ4n) is 3.49. The minimum absolute atomic E-state index is 0.313. The van der Waals surface area contributed by atoms with Gasteiger partial charge < -0.3 is 10.5 Å². The average Bonchev–Trinajstić information content (AvgIpc) is 2.66. The Morgan fingerprint density at radius 2 is 1.07 bits per heavy atom. The summed E-state index contributed by atoms with van der Waals surface area (Å²) in [6.07, 6.45) is 22.8. The highest BCUT2D eigenvalue weighted by Gasteiger charge is 2.11. The maximum atomic E-state index is 11.8. The van der Waals surface area contributed by atoms with Crippen LogP contribution in [0.15, 0.2) is 11.6 Å². The minimum atomic E-state index is -0.584. The van der Waals surface area contributed by atoms with E-state index in [-0.39, 0.29) is 0 Å². The standard InChI is InChI=1S/C24H45NO3/c1-3-5-6-7-8-9-10-11-12-13-14-15-16-17-18-19-20-22(21-23(25)26)24(27)28-4-2/h21H,3-20H2,1-2H3,(H2,25,26)/b22-21-. The Kier molecular flexibility index (Phi) is 19.5. The van der Waals surface area contributed by atoms with Crippen LogP contribution in [0.5, 0.6) is 0 Å². The van der Waals surface area contributed by atoms with Gasteiger partial charge in [-0.1, -0.05) is 103 Å². The van der Waals surface area contributed by atoms with E-state index in [0.717, 1.165) is 12.8 Å². The predicted octanol–water partition coefficient (Wildman–Crippen LogP) is 6.61. The molecule has 0 aliphatic rings. The summed E-state index contributed by atoms with van der Waals surface area (Å²) in [6.45, 7) is 4.34. The number of esters is 1. The van der Waals surface area contributed by atoms with Gasteiger partial charge >= 0.3 is 5.97 Å². The van der Waals surface area contributed by atoms with Crippen molar-refractivity contribution in [3.63, 3.8) is 0 Å². The lowest BCUT2D eigenvalue weighted by Gasteiger charge is -2.07. The van der Waals surface area contributed by atoms with Crippen LogP contribution in [0.3, 0.4) is 0 Å². The van der Waals surface area contributed by atoms with Crippen LogP contribution in [-0.2, 0) is 14.3 Å². The molecule has 0 aromatic carbocycles. The van der Waals surface area contributed by atoms with E-state index >= 15 is 0 Å². The topological polar surface area (TPSA) is 69.4 Å². The van der Waals surface area contributed by atoms with E-state index in [9.17, 15) is 9.59 Å². The SMILES string of the molecule is CCCCCCCCCCCCCCCCCC/C(=C/C(N)=O)C(=O)OCC. The quantitative estimate of drug-likeness (QED) is 0.143. The lowest BCUT2D eigenvalue weighted by Crippen LogP contribution is -2.13. The van der Waals surface area contributed by atoms with Gasteiger partial charge in [0.1, 0.15) is 0 Å². The summed E-state index contributed by atoms with van der Waals surface area (Å²) in [7, 11) is 0. The van der Waals surface area contributed by atoms with Crippen LogP contribution in [-0.4, -0.2) is 18.5 Å². The number of hydrogen-bond acceptors (Lipinski definition) is 3. The molecule has 0 heterocycles. The van der Waals surface area contributed by atoms with Crippen LogP contribution < -0.4 is 5.73 Å². The molecule has 0 saturated heterocycles. The van der Waals surface area contributed by atoms with E-state index in [4.69, 9.17) is 10.5 Å².